The second-order valence-electron chi connectivity index (χ2n) is 6.58. The first kappa shape index (κ1) is 18.6. The second-order valence-corrected chi connectivity index (χ2v) is 6.58. The lowest BCUT2D eigenvalue weighted by Gasteiger charge is -2.15. The molecule has 3 aromatic rings. The highest BCUT2D eigenvalue weighted by Gasteiger charge is 2.10. The third kappa shape index (κ3) is 4.71. The van der Waals surface area contributed by atoms with Gasteiger partial charge in [-0.1, -0.05) is 18.2 Å². The second kappa shape index (κ2) is 8.01. The van der Waals surface area contributed by atoms with Crippen LogP contribution in [-0.4, -0.2) is 52.0 Å². The van der Waals surface area contributed by atoms with Crippen LogP contribution in [0.2, 0.25) is 0 Å². The Kier molecular flexibility index (Phi) is 5.52. The molecule has 7 nitrogen and oxygen atoms in total. The molecular formula is C20H22N4O3. The highest BCUT2D eigenvalue weighted by atomic mass is 16.4. The zero-order chi connectivity index (χ0) is 19.4. The molecule has 2 aromatic carbocycles. The molecule has 0 atom stereocenters. The highest BCUT2D eigenvalue weighted by molar-refractivity contribution is 5.94. The molecule has 0 aliphatic rings. The SMILES string of the molecule is Cc1cccc2[nH]c(CCN(C)CC(=O)Nc3cccc(C(=O)O)c3)nc12. The number of benzene rings is 2. The molecule has 0 aliphatic carbocycles. The quantitative estimate of drug-likeness (QED) is 0.597. The summed E-state index contributed by atoms with van der Waals surface area (Å²) in [5, 5.41) is 11.7. The number of fused-ring (bicyclic) bond motifs is 1. The Hall–Kier alpha value is -3.19. The van der Waals surface area contributed by atoms with Gasteiger partial charge >= 0.3 is 5.97 Å². The van der Waals surface area contributed by atoms with E-state index in [1.54, 1.807) is 12.1 Å². The van der Waals surface area contributed by atoms with Gasteiger partial charge in [-0.3, -0.25) is 9.69 Å². The van der Waals surface area contributed by atoms with Crippen molar-refractivity contribution in [3.63, 3.8) is 0 Å². The number of para-hydroxylation sites is 1. The minimum Gasteiger partial charge on any atom is -0.478 e. The van der Waals surface area contributed by atoms with Gasteiger partial charge in [0.15, 0.2) is 0 Å². The average Bonchev–Trinajstić information content (AvgIpc) is 3.04. The third-order valence-corrected chi connectivity index (χ3v) is 4.30. The van der Waals surface area contributed by atoms with Crippen molar-refractivity contribution in [3.8, 4) is 0 Å². The summed E-state index contributed by atoms with van der Waals surface area (Å²) in [4.78, 5) is 33.0. The van der Waals surface area contributed by atoms with Crippen LogP contribution in [0.4, 0.5) is 5.69 Å². The van der Waals surface area contributed by atoms with Crippen LogP contribution < -0.4 is 5.32 Å². The zero-order valence-electron chi connectivity index (χ0n) is 15.3. The number of carbonyl (C=O) groups is 2. The Balaban J connectivity index is 1.53. The van der Waals surface area contributed by atoms with E-state index in [-0.39, 0.29) is 18.0 Å². The first-order valence-electron chi connectivity index (χ1n) is 8.68. The van der Waals surface area contributed by atoms with Crippen LogP contribution >= 0.6 is 0 Å². The minimum absolute atomic E-state index is 0.140. The Labute approximate surface area is 157 Å². The topological polar surface area (TPSA) is 98.3 Å². The summed E-state index contributed by atoms with van der Waals surface area (Å²) in [6, 6.07) is 12.2. The number of nitrogens with one attached hydrogen (secondary N) is 2. The van der Waals surface area contributed by atoms with Crippen LogP contribution in [0.3, 0.4) is 0 Å². The summed E-state index contributed by atoms with van der Waals surface area (Å²) in [6.45, 7) is 2.90. The first-order chi connectivity index (χ1) is 12.9. The molecule has 1 amide bonds. The molecule has 0 spiro atoms. The molecule has 1 aromatic heterocycles. The normalized spacial score (nSPS) is 11.1. The van der Waals surface area contributed by atoms with Gasteiger partial charge in [-0.25, -0.2) is 9.78 Å². The third-order valence-electron chi connectivity index (χ3n) is 4.30. The number of nitrogens with zero attached hydrogens (tertiary/aromatic N) is 2. The Morgan fingerprint density at radius 2 is 2.00 bits per heavy atom. The van der Waals surface area contributed by atoms with Crippen molar-refractivity contribution < 1.29 is 14.7 Å². The Bertz CT molecular complexity index is 980. The number of rotatable bonds is 7. The molecule has 0 saturated heterocycles. The summed E-state index contributed by atoms with van der Waals surface area (Å²) < 4.78 is 0. The van der Waals surface area contributed by atoms with Gasteiger partial charge < -0.3 is 15.4 Å². The van der Waals surface area contributed by atoms with Crippen molar-refractivity contribution in [2.24, 2.45) is 0 Å². The van der Waals surface area contributed by atoms with Gasteiger partial charge in [-0.05, 0) is 43.8 Å². The van der Waals surface area contributed by atoms with Crippen molar-refractivity contribution in [1.82, 2.24) is 14.9 Å². The predicted octanol–water partition coefficient (Wildman–Crippen LogP) is 2.68. The standard InChI is InChI=1S/C20H22N4O3/c1-13-5-3-8-16-19(13)23-17(22-16)9-10-24(2)12-18(25)21-15-7-4-6-14(11-15)20(26)27/h3-8,11H,9-10,12H2,1-2H3,(H,21,25)(H,22,23)(H,26,27). The van der Waals surface area contributed by atoms with Crippen molar-refractivity contribution >= 4 is 28.6 Å². The highest BCUT2D eigenvalue weighted by Crippen LogP contribution is 2.15. The van der Waals surface area contributed by atoms with Crippen molar-refractivity contribution in [3.05, 3.63) is 59.4 Å². The maximum absolute atomic E-state index is 12.2. The number of carboxylic acids is 1. The summed E-state index contributed by atoms with van der Waals surface area (Å²) in [5.74, 6) is -0.328. The summed E-state index contributed by atoms with van der Waals surface area (Å²) in [7, 11) is 1.86. The summed E-state index contributed by atoms with van der Waals surface area (Å²) in [5.41, 5.74) is 3.74. The van der Waals surface area contributed by atoms with E-state index in [2.05, 4.69) is 15.3 Å². The maximum Gasteiger partial charge on any atom is 0.335 e. The van der Waals surface area contributed by atoms with Crippen LogP contribution in [0.5, 0.6) is 0 Å². The molecule has 0 bridgehead atoms. The largest absolute Gasteiger partial charge is 0.478 e. The van der Waals surface area contributed by atoms with E-state index in [1.165, 1.54) is 12.1 Å². The molecular weight excluding hydrogens is 344 g/mol. The van der Waals surface area contributed by atoms with Gasteiger partial charge in [0.25, 0.3) is 0 Å². The maximum atomic E-state index is 12.2. The average molecular weight is 366 g/mol. The van der Waals surface area contributed by atoms with Crippen LogP contribution in [0.15, 0.2) is 42.5 Å². The fraction of sp³-hybridized carbons (Fsp3) is 0.250. The number of imidazole rings is 1. The number of aromatic amines is 1. The van der Waals surface area contributed by atoms with E-state index in [9.17, 15) is 9.59 Å². The Morgan fingerprint density at radius 3 is 2.74 bits per heavy atom. The lowest BCUT2D eigenvalue weighted by Crippen LogP contribution is -2.31. The number of carbonyl (C=O) groups excluding carboxylic acids is 1. The van der Waals surface area contributed by atoms with Crippen LogP contribution in [0, 0.1) is 6.92 Å². The number of amides is 1. The molecule has 0 radical (unpaired) electrons. The van der Waals surface area contributed by atoms with Gasteiger partial charge in [-0.15, -0.1) is 0 Å². The smallest absolute Gasteiger partial charge is 0.335 e. The van der Waals surface area contributed by atoms with Crippen LogP contribution in [0.25, 0.3) is 11.0 Å². The monoisotopic (exact) mass is 366 g/mol. The molecule has 0 saturated carbocycles. The van der Waals surface area contributed by atoms with Crippen LogP contribution in [-0.2, 0) is 11.2 Å². The lowest BCUT2D eigenvalue weighted by molar-refractivity contribution is -0.117. The number of hydrogen-bond donors (Lipinski definition) is 3. The molecule has 7 heteroatoms. The number of aryl methyl sites for hydroxylation is 1. The fourth-order valence-electron chi connectivity index (χ4n) is 2.90. The molecule has 0 fully saturated rings. The van der Waals surface area contributed by atoms with E-state index in [0.717, 1.165) is 22.4 Å². The first-order valence-corrected chi connectivity index (χ1v) is 8.68. The molecule has 3 rings (SSSR count). The number of hydrogen-bond acceptors (Lipinski definition) is 4. The van der Waals surface area contributed by atoms with Gasteiger partial charge in [0, 0.05) is 18.7 Å². The number of likely N-dealkylation sites (N-methyl/N-ethyl adjacent to an activating group) is 1. The van der Waals surface area contributed by atoms with Crippen LogP contribution in [0.1, 0.15) is 21.7 Å². The number of aromatic nitrogens is 2. The minimum atomic E-state index is -1.02. The van der Waals surface area contributed by atoms with Crippen molar-refractivity contribution in [2.75, 3.05) is 25.5 Å². The number of aromatic carboxylic acids is 1. The van der Waals surface area contributed by atoms with E-state index in [4.69, 9.17) is 5.11 Å². The lowest BCUT2D eigenvalue weighted by atomic mass is 10.2. The molecule has 140 valence electrons. The number of carboxylic acid groups (broad SMARTS) is 1. The van der Waals surface area contributed by atoms with Gasteiger partial charge in [0.05, 0.1) is 23.1 Å². The fourth-order valence-corrected chi connectivity index (χ4v) is 2.90. The van der Waals surface area contributed by atoms with Gasteiger partial charge in [0.1, 0.15) is 5.82 Å². The van der Waals surface area contributed by atoms with E-state index >= 15 is 0 Å². The number of H-pyrrole nitrogens is 1. The van der Waals surface area contributed by atoms with Gasteiger partial charge in [-0.2, -0.15) is 0 Å². The van der Waals surface area contributed by atoms with Crippen molar-refractivity contribution in [1.29, 1.82) is 0 Å². The molecule has 3 N–H and O–H groups in total. The zero-order valence-corrected chi connectivity index (χ0v) is 15.3. The predicted molar refractivity (Wildman–Crippen MR) is 104 cm³/mol. The summed E-state index contributed by atoms with van der Waals surface area (Å²) >= 11 is 0. The number of anilines is 1. The van der Waals surface area contributed by atoms with Crippen molar-refractivity contribution in [2.45, 2.75) is 13.3 Å². The van der Waals surface area contributed by atoms with E-state index in [1.807, 2.05) is 37.1 Å². The molecule has 0 aliphatic heterocycles. The molecule has 0 unspecified atom stereocenters. The van der Waals surface area contributed by atoms with E-state index in [0.29, 0.717) is 18.7 Å². The molecule has 1 heterocycles. The molecule has 27 heavy (non-hydrogen) atoms. The summed E-state index contributed by atoms with van der Waals surface area (Å²) in [6.07, 6.45) is 0.701. The Morgan fingerprint density at radius 1 is 1.22 bits per heavy atom. The van der Waals surface area contributed by atoms with E-state index < -0.39 is 5.97 Å². The van der Waals surface area contributed by atoms with Gasteiger partial charge in [0.2, 0.25) is 5.91 Å².